The number of aliphatic hydroxyl groups excluding tert-OH is 1. The van der Waals surface area contributed by atoms with E-state index in [1.54, 1.807) is 36.1 Å². The van der Waals surface area contributed by atoms with Gasteiger partial charge in [0, 0.05) is 31.5 Å². The van der Waals surface area contributed by atoms with E-state index in [-0.39, 0.29) is 23.6 Å². The standard InChI is InChI=1S/C20H19FN6O3S/c1-26-19-13(10-23-26)3-2-4-17(19)25-31(29,30)16-11-24-27(12-16)18-7-14(5-6-22-18)20(21)8-15(28)9-20/h2-7,10-12,15,25,28H,8-9H2,1H3. The molecule has 1 aliphatic carbocycles. The Labute approximate surface area is 177 Å². The second kappa shape index (κ2) is 6.86. The Morgan fingerprint density at radius 2 is 2.03 bits per heavy atom. The van der Waals surface area contributed by atoms with E-state index in [1.807, 2.05) is 6.07 Å². The highest BCUT2D eigenvalue weighted by Gasteiger charge is 2.45. The summed E-state index contributed by atoms with van der Waals surface area (Å²) in [6.07, 6.45) is 5.02. The largest absolute Gasteiger partial charge is 0.393 e. The molecule has 1 saturated carbocycles. The number of aliphatic hydroxyl groups is 1. The van der Waals surface area contributed by atoms with Gasteiger partial charge in [-0.2, -0.15) is 10.2 Å². The van der Waals surface area contributed by atoms with Crippen LogP contribution in [0.4, 0.5) is 10.1 Å². The van der Waals surface area contributed by atoms with Gasteiger partial charge in [-0.25, -0.2) is 22.5 Å². The van der Waals surface area contributed by atoms with Crippen LogP contribution in [0.5, 0.6) is 0 Å². The molecule has 5 rings (SSSR count). The molecule has 160 valence electrons. The molecule has 4 aromatic rings. The van der Waals surface area contributed by atoms with E-state index in [0.717, 1.165) is 5.39 Å². The topological polar surface area (TPSA) is 115 Å². The normalized spacial score (nSPS) is 21.2. The quantitative estimate of drug-likeness (QED) is 0.490. The number of nitrogens with zero attached hydrogens (tertiary/aromatic N) is 5. The molecule has 1 aliphatic rings. The summed E-state index contributed by atoms with van der Waals surface area (Å²) in [4.78, 5) is 4.11. The van der Waals surface area contributed by atoms with Gasteiger partial charge in [-0.05, 0) is 23.8 Å². The number of fused-ring (bicyclic) bond motifs is 1. The third kappa shape index (κ3) is 3.35. The first kappa shape index (κ1) is 19.6. The van der Waals surface area contributed by atoms with Crippen LogP contribution in [-0.2, 0) is 22.7 Å². The van der Waals surface area contributed by atoms with E-state index in [4.69, 9.17) is 0 Å². The summed E-state index contributed by atoms with van der Waals surface area (Å²) in [5, 5.41) is 18.5. The smallest absolute Gasteiger partial charge is 0.265 e. The minimum absolute atomic E-state index is 0.0265. The zero-order valence-corrected chi connectivity index (χ0v) is 17.3. The van der Waals surface area contributed by atoms with Crippen molar-refractivity contribution in [3.8, 4) is 5.82 Å². The highest BCUT2D eigenvalue weighted by atomic mass is 32.2. The van der Waals surface area contributed by atoms with Crippen LogP contribution >= 0.6 is 0 Å². The van der Waals surface area contributed by atoms with Gasteiger partial charge in [-0.3, -0.25) is 9.40 Å². The number of pyridine rings is 1. The molecule has 0 amide bonds. The van der Waals surface area contributed by atoms with Crippen molar-refractivity contribution in [2.75, 3.05) is 4.72 Å². The van der Waals surface area contributed by atoms with Gasteiger partial charge in [0.2, 0.25) is 0 Å². The molecule has 0 bridgehead atoms. The second-order valence-corrected chi connectivity index (χ2v) is 9.35. The third-order valence-electron chi connectivity index (χ3n) is 5.49. The maximum atomic E-state index is 14.8. The molecule has 2 N–H and O–H groups in total. The molecule has 9 nitrogen and oxygen atoms in total. The number of benzene rings is 1. The lowest BCUT2D eigenvalue weighted by Crippen LogP contribution is -2.40. The number of sulfonamides is 1. The molecule has 11 heteroatoms. The van der Waals surface area contributed by atoms with E-state index in [2.05, 4.69) is 19.9 Å². The Bertz CT molecular complexity index is 1390. The summed E-state index contributed by atoms with van der Waals surface area (Å²) in [5.74, 6) is 0.283. The van der Waals surface area contributed by atoms with Crippen molar-refractivity contribution in [3.05, 3.63) is 60.7 Å². The predicted molar refractivity (Wildman–Crippen MR) is 111 cm³/mol. The first-order valence-corrected chi connectivity index (χ1v) is 11.1. The number of anilines is 1. The summed E-state index contributed by atoms with van der Waals surface area (Å²) in [6, 6.07) is 8.30. The molecule has 0 aliphatic heterocycles. The molecule has 0 unspecified atom stereocenters. The number of aromatic nitrogens is 5. The van der Waals surface area contributed by atoms with Crippen LogP contribution in [-0.4, -0.2) is 44.2 Å². The van der Waals surface area contributed by atoms with Crippen LogP contribution in [0.2, 0.25) is 0 Å². The van der Waals surface area contributed by atoms with Gasteiger partial charge in [0.1, 0.15) is 10.6 Å². The molecule has 0 atom stereocenters. The lowest BCUT2D eigenvalue weighted by atomic mass is 9.75. The highest BCUT2D eigenvalue weighted by molar-refractivity contribution is 7.92. The molecule has 1 fully saturated rings. The maximum absolute atomic E-state index is 14.8. The third-order valence-corrected chi connectivity index (χ3v) is 6.81. The van der Waals surface area contributed by atoms with Crippen LogP contribution in [0, 0.1) is 0 Å². The fourth-order valence-electron chi connectivity index (χ4n) is 3.83. The van der Waals surface area contributed by atoms with Gasteiger partial charge >= 0.3 is 0 Å². The average molecular weight is 442 g/mol. The Morgan fingerprint density at radius 3 is 2.81 bits per heavy atom. The van der Waals surface area contributed by atoms with Gasteiger partial charge in [-0.1, -0.05) is 12.1 Å². The lowest BCUT2D eigenvalue weighted by molar-refractivity contribution is -0.0606. The maximum Gasteiger partial charge on any atom is 0.265 e. The summed E-state index contributed by atoms with van der Waals surface area (Å²) in [6.45, 7) is 0. The molecule has 3 heterocycles. The van der Waals surface area contributed by atoms with Crippen molar-refractivity contribution >= 4 is 26.6 Å². The minimum Gasteiger partial charge on any atom is -0.393 e. The fraction of sp³-hybridized carbons (Fsp3) is 0.250. The van der Waals surface area contributed by atoms with E-state index < -0.39 is 21.8 Å². The van der Waals surface area contributed by atoms with E-state index >= 15 is 0 Å². The van der Waals surface area contributed by atoms with Crippen molar-refractivity contribution in [1.82, 2.24) is 24.5 Å². The summed E-state index contributed by atoms with van der Waals surface area (Å²) in [7, 11) is -2.20. The van der Waals surface area contributed by atoms with Gasteiger partial charge in [-0.15, -0.1) is 0 Å². The van der Waals surface area contributed by atoms with Gasteiger partial charge in [0.15, 0.2) is 5.82 Å². The Balaban J connectivity index is 1.44. The number of halogens is 1. The van der Waals surface area contributed by atoms with Crippen LogP contribution < -0.4 is 4.72 Å². The molecule has 0 radical (unpaired) electrons. The van der Waals surface area contributed by atoms with Gasteiger partial charge in [0.25, 0.3) is 10.0 Å². The summed E-state index contributed by atoms with van der Waals surface area (Å²) in [5.41, 5.74) is -0.177. The van der Waals surface area contributed by atoms with Crippen molar-refractivity contribution < 1.29 is 17.9 Å². The van der Waals surface area contributed by atoms with E-state index in [9.17, 15) is 17.9 Å². The highest BCUT2D eigenvalue weighted by Crippen LogP contribution is 2.45. The number of aryl methyl sites for hydroxylation is 1. The lowest BCUT2D eigenvalue weighted by Gasteiger charge is -2.38. The minimum atomic E-state index is -3.94. The first-order chi connectivity index (χ1) is 14.7. The van der Waals surface area contributed by atoms with Crippen LogP contribution in [0.15, 0.2) is 60.0 Å². The van der Waals surface area contributed by atoms with Crippen LogP contribution in [0.25, 0.3) is 16.7 Å². The van der Waals surface area contributed by atoms with Crippen molar-refractivity contribution in [1.29, 1.82) is 0 Å². The number of rotatable bonds is 5. The monoisotopic (exact) mass is 442 g/mol. The fourth-order valence-corrected chi connectivity index (χ4v) is 4.83. The van der Waals surface area contributed by atoms with Crippen molar-refractivity contribution in [2.45, 2.75) is 29.5 Å². The number of hydrogen-bond donors (Lipinski definition) is 2. The Morgan fingerprint density at radius 1 is 1.23 bits per heavy atom. The van der Waals surface area contributed by atoms with Crippen molar-refractivity contribution in [3.63, 3.8) is 0 Å². The number of para-hydroxylation sites is 1. The van der Waals surface area contributed by atoms with Crippen molar-refractivity contribution in [2.24, 2.45) is 7.05 Å². The Kier molecular flexibility index (Phi) is 4.34. The predicted octanol–water partition coefficient (Wildman–Crippen LogP) is 2.27. The molecule has 1 aromatic carbocycles. The van der Waals surface area contributed by atoms with E-state index in [0.29, 0.717) is 16.8 Å². The molecule has 0 saturated heterocycles. The molecular formula is C20H19FN6O3S. The van der Waals surface area contributed by atoms with E-state index in [1.165, 1.54) is 29.3 Å². The molecular weight excluding hydrogens is 423 g/mol. The Hall–Kier alpha value is -3.31. The number of nitrogens with one attached hydrogen (secondary N) is 1. The average Bonchev–Trinajstić information content (AvgIpc) is 3.35. The summed E-state index contributed by atoms with van der Waals surface area (Å²) < 4.78 is 46.2. The number of alkyl halides is 1. The van der Waals surface area contributed by atoms with Crippen LogP contribution in [0.3, 0.4) is 0 Å². The summed E-state index contributed by atoms with van der Waals surface area (Å²) >= 11 is 0. The first-order valence-electron chi connectivity index (χ1n) is 9.57. The SMILES string of the molecule is Cn1ncc2cccc(NS(=O)(=O)c3cnn(-c4cc(C5(F)CC(O)C5)ccn4)c3)c21. The zero-order valence-electron chi connectivity index (χ0n) is 16.5. The molecule has 31 heavy (non-hydrogen) atoms. The second-order valence-electron chi connectivity index (χ2n) is 7.67. The zero-order chi connectivity index (χ0) is 21.8. The molecule has 0 spiro atoms. The van der Waals surface area contributed by atoms with Gasteiger partial charge < -0.3 is 5.11 Å². The van der Waals surface area contributed by atoms with Crippen LogP contribution in [0.1, 0.15) is 18.4 Å². The van der Waals surface area contributed by atoms with Gasteiger partial charge in [0.05, 0.1) is 35.9 Å². The number of hydrogen-bond acceptors (Lipinski definition) is 6. The molecule has 3 aromatic heterocycles.